The van der Waals surface area contributed by atoms with Gasteiger partial charge < -0.3 is 33.7 Å². The molecule has 1 aromatic heterocycles. The van der Waals surface area contributed by atoms with Gasteiger partial charge in [-0.2, -0.15) is 0 Å². The molecule has 0 aliphatic carbocycles. The number of carbonyl (C=O) groups is 1. The summed E-state index contributed by atoms with van der Waals surface area (Å²) in [5.41, 5.74) is 2.38. The molecule has 1 aliphatic rings. The molecule has 35 heavy (non-hydrogen) atoms. The van der Waals surface area contributed by atoms with Gasteiger partial charge in [0, 0.05) is 31.3 Å². The minimum absolute atomic E-state index is 0.0129. The number of urea groups is 1. The van der Waals surface area contributed by atoms with Gasteiger partial charge in [0.15, 0.2) is 17.3 Å². The number of ether oxygens (including phenoxy) is 4. The Morgan fingerprint density at radius 1 is 1.09 bits per heavy atom. The monoisotopic (exact) mass is 481 g/mol. The van der Waals surface area contributed by atoms with Gasteiger partial charge in [0.05, 0.1) is 34.0 Å². The highest BCUT2D eigenvalue weighted by atomic mass is 16.5. The van der Waals surface area contributed by atoms with Crippen LogP contribution in [0.1, 0.15) is 24.1 Å². The second-order valence-electron chi connectivity index (χ2n) is 8.26. The molecule has 0 unspecified atom stereocenters. The third kappa shape index (κ3) is 6.05. The number of hydrogen-bond donors (Lipinski definition) is 1. The number of hydrogen-bond acceptors (Lipinski definition) is 7. The summed E-state index contributed by atoms with van der Waals surface area (Å²) in [5.74, 6) is 2.05. The molecule has 9 heteroatoms. The fraction of sp³-hybridized carbons (Fsp3) is 0.385. The number of methoxy groups -OCH3 is 3. The topological polar surface area (TPSA) is 95.3 Å². The van der Waals surface area contributed by atoms with Crippen LogP contribution >= 0.6 is 0 Å². The van der Waals surface area contributed by atoms with Crippen molar-refractivity contribution in [2.45, 2.75) is 32.0 Å². The molecule has 1 atom stereocenters. The van der Waals surface area contributed by atoms with Crippen LogP contribution < -0.4 is 19.5 Å². The summed E-state index contributed by atoms with van der Waals surface area (Å²) < 4.78 is 27.7. The third-order valence-electron chi connectivity index (χ3n) is 5.88. The predicted molar refractivity (Wildman–Crippen MR) is 130 cm³/mol. The lowest BCUT2D eigenvalue weighted by molar-refractivity contribution is 0.0788. The molecule has 0 bridgehead atoms. The SMILES string of the molecule is COc1cc(-c2cc(CN(C[C@@H]3CCCO3)C(=O)NCc3ccccc3)no2)cc(OC)c1OC. The van der Waals surface area contributed by atoms with E-state index in [1.54, 1.807) is 38.4 Å². The Labute approximate surface area is 204 Å². The number of amides is 2. The van der Waals surface area contributed by atoms with Gasteiger partial charge in [-0.05, 0) is 30.5 Å². The lowest BCUT2D eigenvalue weighted by atomic mass is 10.1. The van der Waals surface area contributed by atoms with Crippen LogP contribution in [0.4, 0.5) is 4.79 Å². The standard InChI is InChI=1S/C26H31N3O6/c1-31-23-12-19(13-24(32-2)25(23)33-3)22-14-20(28-35-22)16-29(17-21-10-7-11-34-21)26(30)27-15-18-8-5-4-6-9-18/h4-6,8-9,12-14,21H,7,10-11,15-17H2,1-3H3,(H,27,30)/t21-/m0/s1. The van der Waals surface area contributed by atoms with E-state index < -0.39 is 0 Å². The molecule has 1 aliphatic heterocycles. The molecule has 1 N–H and O–H groups in total. The molecule has 2 amide bonds. The average molecular weight is 482 g/mol. The molecule has 3 aromatic rings. The highest BCUT2D eigenvalue weighted by Gasteiger charge is 2.24. The van der Waals surface area contributed by atoms with Crippen LogP contribution in [-0.4, -0.2) is 56.7 Å². The molecule has 2 heterocycles. The van der Waals surface area contributed by atoms with E-state index in [9.17, 15) is 4.79 Å². The van der Waals surface area contributed by atoms with Crippen LogP contribution in [0.3, 0.4) is 0 Å². The van der Waals surface area contributed by atoms with E-state index in [1.807, 2.05) is 36.4 Å². The highest BCUT2D eigenvalue weighted by Crippen LogP contribution is 2.41. The summed E-state index contributed by atoms with van der Waals surface area (Å²) in [6.07, 6.45) is 1.94. The van der Waals surface area contributed by atoms with Gasteiger partial charge >= 0.3 is 6.03 Å². The van der Waals surface area contributed by atoms with Gasteiger partial charge in [0.25, 0.3) is 0 Å². The minimum Gasteiger partial charge on any atom is -0.493 e. The molecule has 0 spiro atoms. The van der Waals surface area contributed by atoms with Crippen molar-refractivity contribution in [3.8, 4) is 28.6 Å². The molecule has 0 radical (unpaired) electrons. The Morgan fingerprint density at radius 3 is 2.46 bits per heavy atom. The quantitative estimate of drug-likeness (QED) is 0.462. The molecule has 0 saturated carbocycles. The summed E-state index contributed by atoms with van der Waals surface area (Å²) in [6.45, 7) is 1.93. The second-order valence-corrected chi connectivity index (χ2v) is 8.26. The molecular weight excluding hydrogens is 450 g/mol. The third-order valence-corrected chi connectivity index (χ3v) is 5.88. The molecule has 4 rings (SSSR count). The number of nitrogens with one attached hydrogen (secondary N) is 1. The minimum atomic E-state index is -0.179. The first-order valence-corrected chi connectivity index (χ1v) is 11.6. The van der Waals surface area contributed by atoms with E-state index in [0.29, 0.717) is 41.8 Å². The second kappa shape index (κ2) is 11.6. The van der Waals surface area contributed by atoms with E-state index in [2.05, 4.69) is 10.5 Å². The fourth-order valence-electron chi connectivity index (χ4n) is 4.08. The van der Waals surface area contributed by atoms with Crippen molar-refractivity contribution in [1.82, 2.24) is 15.4 Å². The van der Waals surface area contributed by atoms with Crippen molar-refractivity contribution in [2.24, 2.45) is 0 Å². The summed E-state index contributed by atoms with van der Waals surface area (Å²) >= 11 is 0. The smallest absolute Gasteiger partial charge is 0.318 e. The Kier molecular flexibility index (Phi) is 8.10. The van der Waals surface area contributed by atoms with Gasteiger partial charge in [-0.15, -0.1) is 0 Å². The van der Waals surface area contributed by atoms with Crippen molar-refractivity contribution in [2.75, 3.05) is 34.5 Å². The molecule has 1 saturated heterocycles. The summed E-state index contributed by atoms with van der Waals surface area (Å²) in [6, 6.07) is 15.0. The first-order valence-electron chi connectivity index (χ1n) is 11.6. The van der Waals surface area contributed by atoms with E-state index in [0.717, 1.165) is 30.6 Å². The molecular formula is C26H31N3O6. The van der Waals surface area contributed by atoms with Crippen LogP contribution in [0.15, 0.2) is 53.1 Å². The predicted octanol–water partition coefficient (Wildman–Crippen LogP) is 4.26. The van der Waals surface area contributed by atoms with Crippen molar-refractivity contribution < 1.29 is 28.3 Å². The van der Waals surface area contributed by atoms with Crippen LogP contribution in [-0.2, 0) is 17.8 Å². The van der Waals surface area contributed by atoms with Gasteiger partial charge in [-0.1, -0.05) is 35.5 Å². The van der Waals surface area contributed by atoms with Gasteiger partial charge in [0.1, 0.15) is 5.69 Å². The van der Waals surface area contributed by atoms with Crippen LogP contribution in [0.5, 0.6) is 17.2 Å². The van der Waals surface area contributed by atoms with Crippen LogP contribution in [0.25, 0.3) is 11.3 Å². The Morgan fingerprint density at radius 2 is 1.83 bits per heavy atom. The Balaban J connectivity index is 1.50. The zero-order valence-corrected chi connectivity index (χ0v) is 20.3. The van der Waals surface area contributed by atoms with E-state index >= 15 is 0 Å². The largest absolute Gasteiger partial charge is 0.493 e. The van der Waals surface area contributed by atoms with Crippen molar-refractivity contribution in [1.29, 1.82) is 0 Å². The summed E-state index contributed by atoms with van der Waals surface area (Å²) in [5, 5.41) is 7.21. The number of aromatic nitrogens is 1. The highest BCUT2D eigenvalue weighted by molar-refractivity contribution is 5.74. The molecule has 2 aromatic carbocycles. The average Bonchev–Trinajstić information content (AvgIpc) is 3.59. The first kappa shape index (κ1) is 24.4. The van der Waals surface area contributed by atoms with E-state index in [4.69, 9.17) is 23.5 Å². The fourth-order valence-corrected chi connectivity index (χ4v) is 4.08. The lowest BCUT2D eigenvalue weighted by Gasteiger charge is -2.25. The maximum Gasteiger partial charge on any atom is 0.318 e. The van der Waals surface area contributed by atoms with Gasteiger partial charge in [-0.3, -0.25) is 0 Å². The maximum absolute atomic E-state index is 13.1. The molecule has 186 valence electrons. The van der Waals surface area contributed by atoms with E-state index in [-0.39, 0.29) is 18.7 Å². The zero-order chi connectivity index (χ0) is 24.6. The van der Waals surface area contributed by atoms with E-state index in [1.165, 1.54) is 0 Å². The number of rotatable bonds is 10. The van der Waals surface area contributed by atoms with Gasteiger partial charge in [-0.25, -0.2) is 4.79 Å². The zero-order valence-electron chi connectivity index (χ0n) is 20.3. The van der Waals surface area contributed by atoms with Gasteiger partial charge in [0.2, 0.25) is 5.75 Å². The summed E-state index contributed by atoms with van der Waals surface area (Å²) in [7, 11) is 4.67. The number of carbonyl (C=O) groups excluding carboxylic acids is 1. The van der Waals surface area contributed by atoms with Crippen molar-refractivity contribution >= 4 is 6.03 Å². The normalized spacial score (nSPS) is 15.0. The van der Waals surface area contributed by atoms with Crippen LogP contribution in [0.2, 0.25) is 0 Å². The molecule has 1 fully saturated rings. The Bertz CT molecular complexity index is 1090. The number of benzene rings is 2. The lowest BCUT2D eigenvalue weighted by Crippen LogP contribution is -2.43. The first-order chi connectivity index (χ1) is 17.1. The maximum atomic E-state index is 13.1. The van der Waals surface area contributed by atoms with Crippen molar-refractivity contribution in [3.05, 3.63) is 59.8 Å². The molecule has 9 nitrogen and oxygen atoms in total. The van der Waals surface area contributed by atoms with Crippen LogP contribution in [0, 0.1) is 0 Å². The number of nitrogens with zero attached hydrogens (tertiary/aromatic N) is 2. The van der Waals surface area contributed by atoms with Crippen molar-refractivity contribution in [3.63, 3.8) is 0 Å². The Hall–Kier alpha value is -3.72. The summed E-state index contributed by atoms with van der Waals surface area (Å²) in [4.78, 5) is 14.8.